The predicted molar refractivity (Wildman–Crippen MR) is 169 cm³/mol. The van der Waals surface area contributed by atoms with Crippen molar-refractivity contribution in [3.63, 3.8) is 0 Å². The van der Waals surface area contributed by atoms with Crippen LogP contribution in [0.4, 0.5) is 11.4 Å². The van der Waals surface area contributed by atoms with Crippen molar-refractivity contribution in [1.82, 2.24) is 10.2 Å². The average Bonchev–Trinajstić information content (AvgIpc) is 3.70. The maximum absolute atomic E-state index is 14.5. The van der Waals surface area contributed by atoms with Gasteiger partial charge in [-0.15, -0.1) is 0 Å². The van der Waals surface area contributed by atoms with Crippen LogP contribution in [0.1, 0.15) is 28.1 Å². The van der Waals surface area contributed by atoms with Crippen molar-refractivity contribution in [1.29, 1.82) is 0 Å². The van der Waals surface area contributed by atoms with Crippen LogP contribution in [0.25, 0.3) is 11.0 Å². The summed E-state index contributed by atoms with van der Waals surface area (Å²) in [4.78, 5) is 28.6. The number of sulfonamides is 1. The van der Waals surface area contributed by atoms with Crippen LogP contribution in [-0.2, 0) is 21.2 Å². The number of amides is 1. The number of nitrogens with zero attached hydrogens (tertiary/aromatic N) is 3. The molecular weight excluding hydrogens is 580 g/mol. The summed E-state index contributed by atoms with van der Waals surface area (Å²) in [5, 5.41) is 13.1. The van der Waals surface area contributed by atoms with Gasteiger partial charge < -0.3 is 24.6 Å². The molecule has 1 unspecified atom stereocenters. The first-order valence-electron chi connectivity index (χ1n) is 14.6. The van der Waals surface area contributed by atoms with E-state index in [1.165, 1.54) is 22.5 Å². The van der Waals surface area contributed by atoms with Crippen molar-refractivity contribution in [3.05, 3.63) is 102 Å². The maximum atomic E-state index is 14.5. The number of hydrogen-bond donors (Lipinski definition) is 2. The summed E-state index contributed by atoms with van der Waals surface area (Å²) in [7, 11) is -4.10. The van der Waals surface area contributed by atoms with Crippen LogP contribution in [0.15, 0.2) is 94.4 Å². The fourth-order valence-corrected chi connectivity index (χ4v) is 7.40. The Morgan fingerprint density at radius 3 is 2.43 bits per heavy atom. The van der Waals surface area contributed by atoms with Gasteiger partial charge in [-0.1, -0.05) is 48.5 Å². The predicted octanol–water partition coefficient (Wildman–Crippen LogP) is 4.40. The van der Waals surface area contributed by atoms with Crippen LogP contribution in [0.2, 0.25) is 0 Å². The summed E-state index contributed by atoms with van der Waals surface area (Å²) in [6, 6.07) is 21.4. The van der Waals surface area contributed by atoms with Crippen LogP contribution in [0, 0.1) is 6.92 Å². The van der Waals surface area contributed by atoms with Gasteiger partial charge in [0.15, 0.2) is 0 Å². The monoisotopic (exact) mass is 614 g/mol. The quantitative estimate of drug-likeness (QED) is 0.285. The molecule has 2 N–H and O–H groups in total. The van der Waals surface area contributed by atoms with E-state index in [1.807, 2.05) is 71.8 Å². The molecule has 0 spiro atoms. The molecule has 0 radical (unpaired) electrons. The normalized spacial score (nSPS) is 16.7. The molecule has 1 amide bonds. The fraction of sp³-hybridized carbons (Fsp3) is 0.273. The van der Waals surface area contributed by atoms with Crippen molar-refractivity contribution in [2.45, 2.75) is 30.7 Å². The van der Waals surface area contributed by atoms with E-state index in [-0.39, 0.29) is 29.1 Å². The van der Waals surface area contributed by atoms with E-state index in [0.717, 1.165) is 11.3 Å². The van der Waals surface area contributed by atoms with Crippen molar-refractivity contribution < 1.29 is 27.5 Å². The van der Waals surface area contributed by atoms with E-state index in [0.29, 0.717) is 61.2 Å². The molecule has 2 aliphatic rings. The average molecular weight is 615 g/mol. The van der Waals surface area contributed by atoms with Gasteiger partial charge in [-0.05, 0) is 61.9 Å². The lowest BCUT2D eigenvalue weighted by molar-refractivity contribution is -0.133. The van der Waals surface area contributed by atoms with E-state index < -0.39 is 16.0 Å². The maximum Gasteiger partial charge on any atom is 0.372 e. The van der Waals surface area contributed by atoms with Gasteiger partial charge in [0, 0.05) is 43.7 Å². The number of para-hydroxylation sites is 2. The molecule has 4 aromatic rings. The largest absolute Gasteiger partial charge is 0.475 e. The molecule has 228 valence electrons. The van der Waals surface area contributed by atoms with Crippen molar-refractivity contribution >= 4 is 44.2 Å². The molecule has 1 saturated heterocycles. The highest BCUT2D eigenvalue weighted by Crippen LogP contribution is 2.36. The summed E-state index contributed by atoms with van der Waals surface area (Å²) in [5.74, 6) is -1.34. The molecule has 10 nitrogen and oxygen atoms in total. The Labute approximate surface area is 256 Å². The summed E-state index contributed by atoms with van der Waals surface area (Å²) < 4.78 is 35.9. The molecule has 2 aliphatic heterocycles. The van der Waals surface area contributed by atoms with Crippen molar-refractivity contribution in [2.75, 3.05) is 41.9 Å². The summed E-state index contributed by atoms with van der Waals surface area (Å²) in [6.07, 6.45) is 4.93. The number of anilines is 2. The fourth-order valence-electron chi connectivity index (χ4n) is 5.90. The minimum Gasteiger partial charge on any atom is -0.475 e. The van der Waals surface area contributed by atoms with Crippen molar-refractivity contribution in [3.8, 4) is 0 Å². The molecule has 3 aromatic carbocycles. The Kier molecular flexibility index (Phi) is 8.05. The third kappa shape index (κ3) is 5.62. The Morgan fingerprint density at radius 1 is 1.00 bits per heavy atom. The number of rotatable bonds is 9. The van der Waals surface area contributed by atoms with E-state index in [4.69, 9.17) is 4.42 Å². The van der Waals surface area contributed by atoms with E-state index in [2.05, 4.69) is 10.2 Å². The van der Waals surface area contributed by atoms with Gasteiger partial charge in [0.05, 0.1) is 16.3 Å². The zero-order valence-corrected chi connectivity index (χ0v) is 25.2. The molecule has 1 aromatic heterocycles. The van der Waals surface area contributed by atoms with Crippen LogP contribution >= 0.6 is 0 Å². The number of hydrogen-bond acceptors (Lipinski definition) is 7. The first-order valence-corrected chi connectivity index (χ1v) is 16.0. The first kappa shape index (κ1) is 29.3. The highest BCUT2D eigenvalue weighted by molar-refractivity contribution is 7.92. The van der Waals surface area contributed by atoms with Crippen LogP contribution in [0.5, 0.6) is 0 Å². The Balaban J connectivity index is 1.34. The zero-order chi connectivity index (χ0) is 30.8. The number of nitrogens with one attached hydrogen (secondary N) is 1. The zero-order valence-electron chi connectivity index (χ0n) is 24.3. The van der Waals surface area contributed by atoms with Crippen LogP contribution in [-0.4, -0.2) is 69.1 Å². The molecular formula is C33H34N4O6S. The molecule has 3 heterocycles. The number of benzene rings is 3. The van der Waals surface area contributed by atoms with Crippen LogP contribution in [0.3, 0.4) is 0 Å². The number of carbonyl (C=O) groups excluding carboxylic acids is 1. The smallest absolute Gasteiger partial charge is 0.372 e. The number of fused-ring (bicyclic) bond motifs is 1. The molecule has 1 fully saturated rings. The van der Waals surface area contributed by atoms with E-state index >= 15 is 0 Å². The molecule has 0 saturated carbocycles. The lowest BCUT2D eigenvalue weighted by atomic mass is 10.1. The summed E-state index contributed by atoms with van der Waals surface area (Å²) in [6.45, 7) is 3.99. The highest BCUT2D eigenvalue weighted by atomic mass is 32.2. The lowest BCUT2D eigenvalue weighted by Gasteiger charge is -2.39. The Hall–Kier alpha value is -4.77. The van der Waals surface area contributed by atoms with Gasteiger partial charge in [0.2, 0.25) is 11.7 Å². The molecule has 11 heteroatoms. The minimum absolute atomic E-state index is 0.0433. The van der Waals surface area contributed by atoms with Gasteiger partial charge >= 0.3 is 5.97 Å². The third-order valence-corrected chi connectivity index (χ3v) is 10.1. The molecule has 0 aliphatic carbocycles. The first-order chi connectivity index (χ1) is 21.2. The van der Waals surface area contributed by atoms with Gasteiger partial charge in [0.1, 0.15) is 11.6 Å². The third-order valence-electron chi connectivity index (χ3n) is 8.30. The lowest BCUT2D eigenvalue weighted by Crippen LogP contribution is -2.53. The van der Waals surface area contributed by atoms with Gasteiger partial charge in [-0.2, -0.15) is 0 Å². The van der Waals surface area contributed by atoms with Crippen molar-refractivity contribution in [2.24, 2.45) is 0 Å². The summed E-state index contributed by atoms with van der Waals surface area (Å²) >= 11 is 0. The van der Waals surface area contributed by atoms with Gasteiger partial charge in [-0.3, -0.25) is 9.10 Å². The minimum atomic E-state index is -4.10. The summed E-state index contributed by atoms with van der Waals surface area (Å²) in [5.41, 5.74) is 2.99. The second kappa shape index (κ2) is 12.1. The number of carboxylic acid groups (broad SMARTS) is 1. The number of aryl methyl sites for hydroxylation is 1. The number of carbonyl (C=O) groups is 2. The molecule has 1 atom stereocenters. The topological polar surface area (TPSA) is 123 Å². The second-order valence-electron chi connectivity index (χ2n) is 11.0. The second-order valence-corrected chi connectivity index (χ2v) is 12.9. The highest BCUT2D eigenvalue weighted by Gasteiger charge is 2.32. The molecule has 6 rings (SSSR count). The Morgan fingerprint density at radius 2 is 1.73 bits per heavy atom. The van der Waals surface area contributed by atoms with Gasteiger partial charge in [0.25, 0.3) is 10.0 Å². The van der Waals surface area contributed by atoms with Crippen LogP contribution < -0.4 is 14.5 Å². The molecule has 44 heavy (non-hydrogen) atoms. The number of aromatic carboxylic acids is 1. The Bertz CT molecular complexity index is 1820. The number of piperazine rings is 1. The van der Waals surface area contributed by atoms with E-state index in [1.54, 1.807) is 6.92 Å². The number of furan rings is 1. The van der Waals surface area contributed by atoms with E-state index in [9.17, 15) is 23.1 Å². The number of carboxylic acids is 1. The molecule has 0 bridgehead atoms. The SMILES string of the molecule is Cc1c(C(=O)O)oc2ccc(S(=O)(=O)N(CCc3ccccc3)c3ccccc3N3CCN(C(=O)C4CC=CN4)CC3)cc12. The standard InChI is InChI=1S/C33H34N4O6S/c1-23-26-22-25(13-14-30(26)43-31(23)33(39)40)44(41,42)37(17-15-24-8-3-2-4-9-24)29-12-6-5-11-28(29)35-18-20-36(21-19-35)32(38)27-10-7-16-34-27/h2-9,11-14,16,22,27,34H,10,15,17-21H2,1H3,(H,39,40). The van der Waals surface area contributed by atoms with Gasteiger partial charge in [-0.25, -0.2) is 13.2 Å².